The molecule has 0 aromatic carbocycles. The van der Waals surface area contributed by atoms with E-state index in [0.29, 0.717) is 0 Å². The van der Waals surface area contributed by atoms with E-state index in [-0.39, 0.29) is 9.60 Å². The summed E-state index contributed by atoms with van der Waals surface area (Å²) in [5.41, 5.74) is 0. The van der Waals surface area contributed by atoms with Crippen LogP contribution in [0.4, 0.5) is 4.39 Å². The second kappa shape index (κ2) is 5.13. The van der Waals surface area contributed by atoms with E-state index in [1.807, 2.05) is 5.38 Å². The van der Waals surface area contributed by atoms with Crippen LogP contribution in [0.5, 0.6) is 0 Å². The van der Waals surface area contributed by atoms with Crippen LogP contribution in [0.25, 0.3) is 0 Å². The highest BCUT2D eigenvalue weighted by Gasteiger charge is 1.92. The minimum Gasteiger partial charge on any atom is -0.230 e. The monoisotopic (exact) mass is 223 g/mol. The fraction of sp³-hybridized carbons (Fsp3) is 0. The van der Waals surface area contributed by atoms with Gasteiger partial charge in [0.05, 0.1) is 12.4 Å². The van der Waals surface area contributed by atoms with Crippen molar-refractivity contribution in [1.82, 2.24) is 14.6 Å². The first kappa shape index (κ1) is 9.50. The average molecular weight is 224 g/mol. The summed E-state index contributed by atoms with van der Waals surface area (Å²) in [5.74, 6) is 0. The van der Waals surface area contributed by atoms with Gasteiger partial charge in [-0.25, -0.2) is 4.98 Å². The highest BCUT2D eigenvalue weighted by Crippen LogP contribution is 2.14. The summed E-state index contributed by atoms with van der Waals surface area (Å²) >= 11 is 7.41. The molecule has 0 aliphatic carbocycles. The summed E-state index contributed by atoms with van der Waals surface area (Å²) in [5, 5.41) is 4.97. The third kappa shape index (κ3) is 3.70. The predicted molar refractivity (Wildman–Crippen MR) is 47.0 cm³/mol. The number of halogens is 2. The molecule has 0 radical (unpaired) electrons. The Morgan fingerprint density at radius 3 is 2.50 bits per heavy atom. The first-order chi connectivity index (χ1) is 5.79. The summed E-state index contributed by atoms with van der Waals surface area (Å²) in [4.78, 5) is 3.43. The Kier molecular flexibility index (Phi) is 4.06. The second-order valence-corrected chi connectivity index (χ2v) is 3.71. The van der Waals surface area contributed by atoms with Crippen molar-refractivity contribution in [2.24, 2.45) is 0 Å². The largest absolute Gasteiger partial charge is 0.230 e. The van der Waals surface area contributed by atoms with Crippen LogP contribution < -0.4 is 0 Å². The molecule has 0 aliphatic rings. The van der Waals surface area contributed by atoms with Crippen LogP contribution in [0.2, 0.25) is 4.47 Å². The van der Waals surface area contributed by atoms with Crippen LogP contribution in [0.1, 0.15) is 0 Å². The van der Waals surface area contributed by atoms with Gasteiger partial charge in [-0.05, 0) is 11.5 Å². The third-order valence-corrected chi connectivity index (χ3v) is 2.07. The normalized spacial score (nSPS) is 8.83. The lowest BCUT2D eigenvalue weighted by Gasteiger charge is -1.62. The summed E-state index contributed by atoms with van der Waals surface area (Å²) in [6, 6.07) is 0. The summed E-state index contributed by atoms with van der Waals surface area (Å²) in [6.07, 6.45) is 2.75. The molecule has 0 unspecified atom stereocenters. The summed E-state index contributed by atoms with van der Waals surface area (Å²) < 4.78 is 15.6. The average Bonchev–Trinajstić information content (AvgIpc) is 2.63. The Bertz CT molecular complexity index is 276. The van der Waals surface area contributed by atoms with Gasteiger partial charge in [-0.3, -0.25) is 0 Å². The number of hydrogen-bond acceptors (Lipinski definition) is 5. The number of thiazole rings is 1. The summed E-state index contributed by atoms with van der Waals surface area (Å²) in [6.45, 7) is 0. The van der Waals surface area contributed by atoms with Gasteiger partial charge in [0.2, 0.25) is 0 Å². The van der Waals surface area contributed by atoms with Gasteiger partial charge in [0, 0.05) is 5.38 Å². The van der Waals surface area contributed by atoms with Crippen molar-refractivity contribution in [3.63, 3.8) is 0 Å². The minimum absolute atomic E-state index is 0.248. The topological polar surface area (TPSA) is 38.7 Å². The molecule has 2 heterocycles. The Morgan fingerprint density at radius 1 is 1.50 bits per heavy atom. The molecule has 0 aliphatic heterocycles. The zero-order valence-corrected chi connectivity index (χ0v) is 8.04. The second-order valence-electron chi connectivity index (χ2n) is 1.51. The van der Waals surface area contributed by atoms with Crippen molar-refractivity contribution in [3.8, 4) is 0 Å². The molecule has 2 rings (SSSR count). The van der Waals surface area contributed by atoms with Gasteiger partial charge in [0.25, 0.3) is 0 Å². The van der Waals surface area contributed by atoms with E-state index in [2.05, 4.69) is 14.6 Å². The molecule has 2 aromatic heterocycles. The molecule has 0 saturated carbocycles. The maximum absolute atomic E-state index is 11.8. The van der Waals surface area contributed by atoms with Crippen LogP contribution in [-0.4, -0.2) is 14.6 Å². The molecule has 2 aromatic rings. The molecular weight excluding hydrogens is 221 g/mol. The van der Waals surface area contributed by atoms with E-state index >= 15 is 0 Å². The Balaban J connectivity index is 0.000000127. The van der Waals surface area contributed by atoms with Crippen molar-refractivity contribution in [2.45, 2.75) is 0 Å². The van der Waals surface area contributed by atoms with Crippen LogP contribution in [0.3, 0.4) is 0 Å². The maximum atomic E-state index is 11.8. The van der Waals surface area contributed by atoms with Crippen molar-refractivity contribution < 1.29 is 4.39 Å². The van der Waals surface area contributed by atoms with Crippen LogP contribution in [-0.2, 0) is 0 Å². The molecule has 7 heteroatoms. The molecule has 0 spiro atoms. The van der Waals surface area contributed by atoms with Crippen molar-refractivity contribution in [3.05, 3.63) is 27.4 Å². The van der Waals surface area contributed by atoms with Gasteiger partial charge in [0.15, 0.2) is 9.60 Å². The smallest absolute Gasteiger partial charge is 0.197 e. The lowest BCUT2D eigenvalue weighted by Crippen LogP contribution is -1.51. The van der Waals surface area contributed by atoms with Gasteiger partial charge < -0.3 is 0 Å². The van der Waals surface area contributed by atoms with Gasteiger partial charge in [-0.2, -0.15) is 4.39 Å². The zero-order chi connectivity index (χ0) is 8.81. The van der Waals surface area contributed by atoms with Gasteiger partial charge in [-0.1, -0.05) is 27.4 Å². The minimum atomic E-state index is -0.343. The first-order valence-corrected chi connectivity index (χ1v) is 4.80. The van der Waals surface area contributed by atoms with Crippen molar-refractivity contribution in [1.29, 1.82) is 0 Å². The fourth-order valence-electron chi connectivity index (χ4n) is 0.371. The SMILES string of the molecule is Fc1cnc(Cl)s1.c1csnn1. The Hall–Kier alpha value is -0.590. The van der Waals surface area contributed by atoms with Gasteiger partial charge in [0.1, 0.15) is 0 Å². The highest BCUT2D eigenvalue weighted by molar-refractivity contribution is 7.14. The fourth-order valence-corrected chi connectivity index (χ4v) is 1.28. The van der Waals surface area contributed by atoms with Crippen molar-refractivity contribution in [2.75, 3.05) is 0 Å². The quantitative estimate of drug-likeness (QED) is 0.689. The lowest BCUT2D eigenvalue weighted by molar-refractivity contribution is 0.653. The maximum Gasteiger partial charge on any atom is 0.197 e. The van der Waals surface area contributed by atoms with Gasteiger partial charge in [-0.15, -0.1) is 5.10 Å². The molecule has 3 nitrogen and oxygen atoms in total. The number of aromatic nitrogens is 3. The molecule has 0 amide bonds. The van der Waals surface area contributed by atoms with E-state index in [0.717, 1.165) is 17.5 Å². The van der Waals surface area contributed by atoms with Crippen LogP contribution in [0, 0.1) is 5.13 Å². The standard InChI is InChI=1S/C3HClFNS.C2H2N2S/c4-3-6-1-2(5)7-3;1-2-5-4-3-1/h1H;1-2H. The van der Waals surface area contributed by atoms with Gasteiger partial charge >= 0.3 is 0 Å². The molecule has 0 bridgehead atoms. The third-order valence-electron chi connectivity index (χ3n) is 0.732. The molecule has 0 atom stereocenters. The van der Waals surface area contributed by atoms with Crippen LogP contribution >= 0.6 is 34.5 Å². The number of hydrogen-bond donors (Lipinski definition) is 0. The lowest BCUT2D eigenvalue weighted by atomic mass is 11.0. The van der Waals surface area contributed by atoms with Crippen LogP contribution in [0.15, 0.2) is 17.8 Å². The summed E-state index contributed by atoms with van der Waals surface area (Å²) in [7, 11) is 0. The molecule has 64 valence electrons. The van der Waals surface area contributed by atoms with Crippen molar-refractivity contribution >= 4 is 34.5 Å². The molecule has 0 saturated heterocycles. The number of nitrogens with zero attached hydrogens (tertiary/aromatic N) is 3. The van der Waals surface area contributed by atoms with E-state index < -0.39 is 0 Å². The highest BCUT2D eigenvalue weighted by atomic mass is 35.5. The molecule has 0 N–H and O–H groups in total. The Labute approximate surface area is 81.0 Å². The predicted octanol–water partition coefficient (Wildman–Crippen LogP) is 2.47. The van der Waals surface area contributed by atoms with E-state index in [1.165, 1.54) is 11.5 Å². The number of rotatable bonds is 0. The zero-order valence-electron chi connectivity index (χ0n) is 5.65. The van der Waals surface area contributed by atoms with E-state index in [4.69, 9.17) is 11.6 Å². The molecular formula is C5H3ClFN3S2. The van der Waals surface area contributed by atoms with E-state index in [1.54, 1.807) is 6.20 Å². The molecule has 0 fully saturated rings. The van der Waals surface area contributed by atoms with E-state index in [9.17, 15) is 4.39 Å². The molecule has 12 heavy (non-hydrogen) atoms. The first-order valence-electron chi connectivity index (χ1n) is 2.77. The Morgan fingerprint density at radius 2 is 2.33 bits per heavy atom.